The van der Waals surface area contributed by atoms with Crippen LogP contribution in [-0.2, 0) is 19.8 Å². The lowest BCUT2D eigenvalue weighted by atomic mass is 10.2. The molecule has 0 spiro atoms. The van der Waals surface area contributed by atoms with Crippen LogP contribution in [0.15, 0.2) is 78.9 Å². The highest BCUT2D eigenvalue weighted by Crippen LogP contribution is 2.18. The molecule has 122 valence electrons. The van der Waals surface area contributed by atoms with Crippen molar-refractivity contribution in [2.75, 3.05) is 0 Å². The van der Waals surface area contributed by atoms with Gasteiger partial charge in [-0.05, 0) is 41.0 Å². The van der Waals surface area contributed by atoms with Gasteiger partial charge in [-0.2, -0.15) is 0 Å². The molecule has 0 amide bonds. The predicted molar refractivity (Wildman–Crippen MR) is 93.9 cm³/mol. The Morgan fingerprint density at radius 2 is 1.12 bits per heavy atom. The second kappa shape index (κ2) is 8.18. The standard InChI is InChI=1S/C21H20O3/c22-14-18-8-4-10-20(12-18)24-16-19-9-5-11-21(13-19)23-15-17-6-2-1-3-7-17/h1-13,22H,14-16H2. The number of benzene rings is 3. The average Bonchev–Trinajstić information content (AvgIpc) is 2.66. The van der Waals surface area contributed by atoms with Crippen molar-refractivity contribution in [3.8, 4) is 11.5 Å². The third-order valence-electron chi connectivity index (χ3n) is 3.63. The molecule has 0 aliphatic heterocycles. The largest absolute Gasteiger partial charge is 0.489 e. The van der Waals surface area contributed by atoms with Gasteiger partial charge in [0.25, 0.3) is 0 Å². The Balaban J connectivity index is 1.58. The van der Waals surface area contributed by atoms with Gasteiger partial charge in [0.15, 0.2) is 0 Å². The Kier molecular flexibility index (Phi) is 5.48. The Bertz CT molecular complexity index is 769. The van der Waals surface area contributed by atoms with Crippen molar-refractivity contribution < 1.29 is 14.6 Å². The van der Waals surface area contributed by atoms with E-state index in [9.17, 15) is 0 Å². The molecule has 0 fully saturated rings. The summed E-state index contributed by atoms with van der Waals surface area (Å²) < 4.78 is 11.6. The number of ether oxygens (including phenoxy) is 2. The van der Waals surface area contributed by atoms with Crippen molar-refractivity contribution in [1.82, 2.24) is 0 Å². The molecule has 0 saturated carbocycles. The lowest BCUT2D eigenvalue weighted by molar-refractivity contribution is 0.277. The lowest BCUT2D eigenvalue weighted by Crippen LogP contribution is -1.98. The van der Waals surface area contributed by atoms with E-state index in [4.69, 9.17) is 14.6 Å². The van der Waals surface area contributed by atoms with Gasteiger partial charge < -0.3 is 14.6 Å². The van der Waals surface area contributed by atoms with Gasteiger partial charge in [-0.25, -0.2) is 0 Å². The Hall–Kier alpha value is -2.78. The molecule has 0 heterocycles. The summed E-state index contributed by atoms with van der Waals surface area (Å²) in [5, 5.41) is 9.16. The SMILES string of the molecule is OCc1cccc(OCc2cccc(OCc3ccccc3)c2)c1. The molecule has 0 atom stereocenters. The summed E-state index contributed by atoms with van der Waals surface area (Å²) in [7, 11) is 0. The van der Waals surface area contributed by atoms with E-state index in [0.717, 1.165) is 28.2 Å². The van der Waals surface area contributed by atoms with Gasteiger partial charge in [-0.3, -0.25) is 0 Å². The van der Waals surface area contributed by atoms with Crippen LogP contribution in [0.1, 0.15) is 16.7 Å². The minimum atomic E-state index is 0.0139. The van der Waals surface area contributed by atoms with Crippen LogP contribution in [0.4, 0.5) is 0 Å². The molecular formula is C21H20O3. The molecule has 0 aliphatic rings. The van der Waals surface area contributed by atoms with E-state index in [-0.39, 0.29) is 6.61 Å². The van der Waals surface area contributed by atoms with Gasteiger partial charge in [-0.15, -0.1) is 0 Å². The van der Waals surface area contributed by atoms with Gasteiger partial charge in [0, 0.05) is 0 Å². The molecule has 3 aromatic rings. The molecule has 0 unspecified atom stereocenters. The lowest BCUT2D eigenvalue weighted by Gasteiger charge is -2.10. The second-order valence-corrected chi connectivity index (χ2v) is 5.52. The minimum absolute atomic E-state index is 0.0139. The summed E-state index contributed by atoms with van der Waals surface area (Å²) in [6.45, 7) is 1.02. The van der Waals surface area contributed by atoms with Crippen LogP contribution in [0.5, 0.6) is 11.5 Å². The fraction of sp³-hybridized carbons (Fsp3) is 0.143. The average molecular weight is 320 g/mol. The monoisotopic (exact) mass is 320 g/mol. The first-order chi connectivity index (χ1) is 11.8. The predicted octanol–water partition coefficient (Wildman–Crippen LogP) is 4.34. The smallest absolute Gasteiger partial charge is 0.120 e. The summed E-state index contributed by atoms with van der Waals surface area (Å²) >= 11 is 0. The number of hydrogen-bond acceptors (Lipinski definition) is 3. The Morgan fingerprint density at radius 3 is 1.79 bits per heavy atom. The fourth-order valence-corrected chi connectivity index (χ4v) is 2.37. The van der Waals surface area contributed by atoms with Crippen molar-refractivity contribution in [3.63, 3.8) is 0 Å². The minimum Gasteiger partial charge on any atom is -0.489 e. The summed E-state index contributed by atoms with van der Waals surface area (Å²) in [6.07, 6.45) is 0. The molecular weight excluding hydrogens is 300 g/mol. The van der Waals surface area contributed by atoms with Gasteiger partial charge in [0.1, 0.15) is 24.7 Å². The third kappa shape index (κ3) is 4.61. The molecule has 24 heavy (non-hydrogen) atoms. The van der Waals surface area contributed by atoms with Crippen molar-refractivity contribution in [2.24, 2.45) is 0 Å². The Morgan fingerprint density at radius 1 is 0.583 bits per heavy atom. The highest BCUT2D eigenvalue weighted by Gasteiger charge is 2.01. The van der Waals surface area contributed by atoms with Crippen LogP contribution >= 0.6 is 0 Å². The first-order valence-electron chi connectivity index (χ1n) is 7.92. The zero-order chi connectivity index (χ0) is 16.6. The number of aliphatic hydroxyl groups excluding tert-OH is 1. The number of aliphatic hydroxyl groups is 1. The normalized spacial score (nSPS) is 10.4. The topological polar surface area (TPSA) is 38.7 Å². The molecule has 0 bridgehead atoms. The van der Waals surface area contributed by atoms with Crippen molar-refractivity contribution >= 4 is 0 Å². The zero-order valence-electron chi connectivity index (χ0n) is 13.4. The van der Waals surface area contributed by atoms with Crippen LogP contribution < -0.4 is 9.47 Å². The van der Waals surface area contributed by atoms with Crippen LogP contribution in [-0.4, -0.2) is 5.11 Å². The summed E-state index contributed by atoms with van der Waals surface area (Å²) in [4.78, 5) is 0. The quantitative estimate of drug-likeness (QED) is 0.704. The van der Waals surface area contributed by atoms with Gasteiger partial charge in [0.2, 0.25) is 0 Å². The first-order valence-corrected chi connectivity index (χ1v) is 7.92. The molecule has 0 aliphatic carbocycles. The van der Waals surface area contributed by atoms with E-state index in [1.807, 2.05) is 78.9 Å². The van der Waals surface area contributed by atoms with Gasteiger partial charge >= 0.3 is 0 Å². The van der Waals surface area contributed by atoms with Crippen LogP contribution in [0.3, 0.4) is 0 Å². The molecule has 0 saturated heterocycles. The van der Waals surface area contributed by atoms with E-state index in [0.29, 0.717) is 13.2 Å². The van der Waals surface area contributed by atoms with Crippen molar-refractivity contribution in [1.29, 1.82) is 0 Å². The van der Waals surface area contributed by atoms with Gasteiger partial charge in [-0.1, -0.05) is 54.6 Å². The Labute approximate surface area is 142 Å². The second-order valence-electron chi connectivity index (χ2n) is 5.52. The fourth-order valence-electron chi connectivity index (χ4n) is 2.37. The molecule has 3 nitrogen and oxygen atoms in total. The molecule has 3 rings (SSSR count). The molecule has 3 aromatic carbocycles. The first kappa shape index (κ1) is 16.1. The van der Waals surface area contributed by atoms with E-state index >= 15 is 0 Å². The van der Waals surface area contributed by atoms with Crippen LogP contribution in [0, 0.1) is 0 Å². The summed E-state index contributed by atoms with van der Waals surface area (Å²) in [5.41, 5.74) is 3.02. The third-order valence-corrected chi connectivity index (χ3v) is 3.63. The van der Waals surface area contributed by atoms with Crippen molar-refractivity contribution in [3.05, 3.63) is 95.6 Å². The van der Waals surface area contributed by atoms with Crippen LogP contribution in [0.2, 0.25) is 0 Å². The van der Waals surface area contributed by atoms with E-state index in [1.165, 1.54) is 0 Å². The summed E-state index contributed by atoms with van der Waals surface area (Å²) in [5.74, 6) is 1.57. The molecule has 0 aromatic heterocycles. The van der Waals surface area contributed by atoms with E-state index in [1.54, 1.807) is 0 Å². The number of rotatable bonds is 7. The van der Waals surface area contributed by atoms with E-state index < -0.39 is 0 Å². The number of hydrogen-bond donors (Lipinski definition) is 1. The molecule has 1 N–H and O–H groups in total. The van der Waals surface area contributed by atoms with E-state index in [2.05, 4.69) is 0 Å². The maximum Gasteiger partial charge on any atom is 0.120 e. The highest BCUT2D eigenvalue weighted by molar-refractivity contribution is 5.31. The molecule has 0 radical (unpaired) electrons. The van der Waals surface area contributed by atoms with Crippen molar-refractivity contribution in [2.45, 2.75) is 19.8 Å². The van der Waals surface area contributed by atoms with Gasteiger partial charge in [0.05, 0.1) is 6.61 Å². The zero-order valence-corrected chi connectivity index (χ0v) is 13.4. The maximum absolute atomic E-state index is 9.16. The van der Waals surface area contributed by atoms with Crippen LogP contribution in [0.25, 0.3) is 0 Å². The summed E-state index contributed by atoms with van der Waals surface area (Å²) in [6, 6.07) is 25.4. The highest BCUT2D eigenvalue weighted by atomic mass is 16.5. The maximum atomic E-state index is 9.16. The molecule has 3 heteroatoms.